The predicted molar refractivity (Wildman–Crippen MR) is 253 cm³/mol. The van der Waals surface area contributed by atoms with E-state index in [1.54, 1.807) is 0 Å². The molecule has 6 amide bonds. The van der Waals surface area contributed by atoms with Crippen molar-refractivity contribution in [1.29, 1.82) is 0 Å². The second kappa shape index (κ2) is 35.9. The number of aliphatic carboxylic acids is 1. The second-order valence-electron chi connectivity index (χ2n) is 16.0. The third-order valence-corrected chi connectivity index (χ3v) is 11.0. The van der Waals surface area contributed by atoms with E-state index < -0.39 is 22.8 Å². The van der Waals surface area contributed by atoms with Gasteiger partial charge in [-0.1, -0.05) is 55.0 Å². The van der Waals surface area contributed by atoms with Crippen LogP contribution in [0.2, 0.25) is 0 Å². The van der Waals surface area contributed by atoms with Gasteiger partial charge < -0.3 is 48.5 Å². The van der Waals surface area contributed by atoms with E-state index in [0.29, 0.717) is 64.2 Å². The SMILES string of the molecule is C=C(C)OC(CC(C)C)[C@@H](C)[C@@H]1O[C@@]1(C)COC(=O)CN(C)C(=O)CCSC1CC(=O)N(CCC(=O)NCCOCCOCCOCCOCCC(=O)O)C1=O.CC.CC.O=C1CCC(=O)N1.[HH]. The minimum Gasteiger partial charge on any atom is -0.495 e. The highest BCUT2D eigenvalue weighted by atomic mass is 32.2. The van der Waals surface area contributed by atoms with Gasteiger partial charge >= 0.3 is 11.9 Å². The first-order valence-corrected chi connectivity index (χ1v) is 24.3. The van der Waals surface area contributed by atoms with Crippen molar-refractivity contribution in [2.75, 3.05) is 91.9 Å². The number of nitrogens with one attached hydrogen (secondary N) is 2. The number of hydrogen-bond donors (Lipinski definition) is 3. The highest BCUT2D eigenvalue weighted by Gasteiger charge is 2.57. The van der Waals surface area contributed by atoms with Crippen molar-refractivity contribution < 1.29 is 78.0 Å². The molecule has 0 spiro atoms. The third-order valence-electron chi connectivity index (χ3n) is 9.78. The molecule has 0 bridgehead atoms. The van der Waals surface area contributed by atoms with Crippen LogP contribution in [-0.4, -0.2) is 177 Å². The summed E-state index contributed by atoms with van der Waals surface area (Å²) in [5.74, 6) is -1.75. The average molecular weight is 979 g/mol. The summed E-state index contributed by atoms with van der Waals surface area (Å²) >= 11 is 1.20. The lowest BCUT2D eigenvalue weighted by Crippen LogP contribution is -2.36. The van der Waals surface area contributed by atoms with Crippen molar-refractivity contribution in [2.45, 2.75) is 130 Å². The average Bonchev–Trinajstić information content (AvgIpc) is 3.68. The highest BCUT2D eigenvalue weighted by Crippen LogP contribution is 2.44. The number of ether oxygens (including phenoxy) is 7. The number of hydrogen-bond acceptors (Lipinski definition) is 16. The normalized spacial score (nSPS) is 19.1. The van der Waals surface area contributed by atoms with Gasteiger partial charge in [-0.2, -0.15) is 0 Å². The molecule has 0 aromatic carbocycles. The van der Waals surface area contributed by atoms with Gasteiger partial charge in [0.15, 0.2) is 0 Å². The van der Waals surface area contributed by atoms with Crippen molar-refractivity contribution in [3.8, 4) is 0 Å². The lowest BCUT2D eigenvalue weighted by molar-refractivity contribution is -0.149. The molecule has 3 saturated heterocycles. The molecule has 5 atom stereocenters. The summed E-state index contributed by atoms with van der Waals surface area (Å²) in [6, 6.07) is 0. The first kappa shape index (κ1) is 62.8. The molecule has 388 valence electrons. The van der Waals surface area contributed by atoms with Crippen molar-refractivity contribution >= 4 is 59.1 Å². The molecule has 20 nitrogen and oxygen atoms in total. The molecule has 3 N–H and O–H groups in total. The lowest BCUT2D eigenvalue weighted by Gasteiger charge is -2.26. The number of carbonyl (C=O) groups is 8. The molecule has 67 heavy (non-hydrogen) atoms. The third kappa shape index (κ3) is 28.1. The van der Waals surface area contributed by atoms with Gasteiger partial charge in [0.1, 0.15) is 24.9 Å². The summed E-state index contributed by atoms with van der Waals surface area (Å²) in [4.78, 5) is 95.9. The second-order valence-corrected chi connectivity index (χ2v) is 17.3. The molecule has 0 aromatic rings. The van der Waals surface area contributed by atoms with Gasteiger partial charge in [-0.15, -0.1) is 11.8 Å². The molecule has 0 saturated carbocycles. The van der Waals surface area contributed by atoms with Gasteiger partial charge in [-0.25, -0.2) is 0 Å². The Bertz CT molecular complexity index is 1540. The number of rotatable bonds is 32. The number of allylic oxidation sites excluding steroid dienone is 1. The summed E-state index contributed by atoms with van der Waals surface area (Å²) in [5.41, 5.74) is -0.638. The molecule has 2 unspecified atom stereocenters. The predicted octanol–water partition coefficient (Wildman–Crippen LogP) is 3.77. The van der Waals surface area contributed by atoms with E-state index in [9.17, 15) is 38.4 Å². The van der Waals surface area contributed by atoms with E-state index in [0.717, 1.165) is 11.3 Å². The minimum atomic E-state index is -0.911. The van der Waals surface area contributed by atoms with Crippen molar-refractivity contribution in [3.63, 3.8) is 0 Å². The van der Waals surface area contributed by atoms with E-state index in [1.807, 2.05) is 41.5 Å². The number of carboxylic acid groups (broad SMARTS) is 1. The standard InChI is InChI=1S/C38H63N3O14S.C4H5NO2.2C2H6.H2/c1-26(2)22-29(54-27(3)4)28(5)36-38(6,55-36)25-53-35(47)24-40(7)32(43)10-21-56-30-23-33(44)41(37(30)48)12-8-31(42)39-11-14-50-16-18-52-20-19-51-17-15-49-13-9-34(45)46;6-3-1-2-4(7)5-3;2*1-2;/h26,28-30,36H,3,8-25H2,1-2,4-7H3,(H,39,42)(H,45,46);1-2H2,(H,5,6,7);2*1-2H3;1H/t28-,29?,30?,36+,38+;;;;/m1..../s1. The number of likely N-dealkylation sites (N-methyl/N-ethyl adjacent to an activating group) is 1. The molecule has 0 aliphatic carbocycles. The molecule has 3 rings (SSSR count). The van der Waals surface area contributed by atoms with E-state index in [2.05, 4.69) is 38.0 Å². The van der Waals surface area contributed by atoms with E-state index in [-0.39, 0.29) is 126 Å². The number of epoxide rings is 1. The molecule has 3 heterocycles. The van der Waals surface area contributed by atoms with Crippen LogP contribution in [0, 0.1) is 11.8 Å². The molecule has 3 aliphatic heterocycles. The largest absolute Gasteiger partial charge is 0.495 e. The first-order chi connectivity index (χ1) is 31.8. The number of amides is 6. The fourth-order valence-electron chi connectivity index (χ4n) is 6.37. The zero-order valence-electron chi connectivity index (χ0n) is 41.6. The molecular formula is C46H82N4O16S. The van der Waals surface area contributed by atoms with Crippen LogP contribution in [0.25, 0.3) is 0 Å². The topological polar surface area (TPSA) is 255 Å². The maximum Gasteiger partial charge on any atom is 0.325 e. The van der Waals surface area contributed by atoms with Crippen LogP contribution in [-0.2, 0) is 71.5 Å². The smallest absolute Gasteiger partial charge is 0.325 e. The maximum atomic E-state index is 12.9. The van der Waals surface area contributed by atoms with Crippen LogP contribution >= 0.6 is 11.8 Å². The summed E-state index contributed by atoms with van der Waals surface area (Å²) in [6.07, 6.45) is 1.33. The highest BCUT2D eigenvalue weighted by molar-refractivity contribution is 8.00. The molecule has 21 heteroatoms. The van der Waals surface area contributed by atoms with Crippen molar-refractivity contribution in [1.82, 2.24) is 20.4 Å². The molecule has 0 radical (unpaired) electrons. The summed E-state index contributed by atoms with van der Waals surface area (Å²) < 4.78 is 38.6. The Kier molecular flexibility index (Phi) is 33.7. The molecule has 0 aromatic heterocycles. The number of nitrogens with zero attached hydrogens (tertiary/aromatic N) is 2. The number of thioether (sulfide) groups is 1. The van der Waals surface area contributed by atoms with Crippen LogP contribution < -0.4 is 10.6 Å². The number of imide groups is 2. The minimum absolute atomic E-state index is 0. The van der Waals surface area contributed by atoms with Crippen LogP contribution in [0.4, 0.5) is 0 Å². The maximum absolute atomic E-state index is 12.9. The molecular weight excluding hydrogens is 897 g/mol. The Morgan fingerprint density at radius 2 is 1.46 bits per heavy atom. The lowest BCUT2D eigenvalue weighted by atomic mass is 9.88. The number of likely N-dealkylation sites (tertiary alicyclic amines) is 1. The summed E-state index contributed by atoms with van der Waals surface area (Å²) in [5, 5.41) is 12.7. The number of esters is 1. The van der Waals surface area contributed by atoms with Crippen LogP contribution in [0.3, 0.4) is 0 Å². The first-order valence-electron chi connectivity index (χ1n) is 23.3. The van der Waals surface area contributed by atoms with E-state index in [4.69, 9.17) is 38.3 Å². The monoisotopic (exact) mass is 979 g/mol. The fourth-order valence-corrected chi connectivity index (χ4v) is 7.47. The van der Waals surface area contributed by atoms with Crippen LogP contribution in [0.15, 0.2) is 12.3 Å². The van der Waals surface area contributed by atoms with Gasteiger partial charge in [0.05, 0.1) is 76.4 Å². The van der Waals surface area contributed by atoms with Gasteiger partial charge in [0.2, 0.25) is 35.4 Å². The Morgan fingerprint density at radius 3 is 1.97 bits per heavy atom. The zero-order valence-corrected chi connectivity index (χ0v) is 42.4. The van der Waals surface area contributed by atoms with Gasteiger partial charge in [0.25, 0.3) is 0 Å². The number of carbonyl (C=O) groups excluding carboxylic acids is 7. The fraction of sp³-hybridized carbons (Fsp3) is 0.783. The van der Waals surface area contributed by atoms with E-state index >= 15 is 0 Å². The Labute approximate surface area is 403 Å². The molecule has 3 aliphatic rings. The Balaban J connectivity index is 0. The number of carboxylic acids is 1. The Hall–Kier alpha value is -4.15. The van der Waals surface area contributed by atoms with Crippen LogP contribution in [0.5, 0.6) is 0 Å². The van der Waals surface area contributed by atoms with Crippen molar-refractivity contribution in [2.24, 2.45) is 11.8 Å². The van der Waals surface area contributed by atoms with Gasteiger partial charge in [-0.3, -0.25) is 48.6 Å². The van der Waals surface area contributed by atoms with Gasteiger partial charge in [-0.05, 0) is 26.2 Å². The van der Waals surface area contributed by atoms with Gasteiger partial charge in [0, 0.05) is 65.3 Å². The zero-order chi connectivity index (χ0) is 51.0. The van der Waals surface area contributed by atoms with E-state index in [1.165, 1.54) is 23.7 Å². The quantitative estimate of drug-likeness (QED) is 0.0285. The van der Waals surface area contributed by atoms with Crippen molar-refractivity contribution in [3.05, 3.63) is 12.3 Å². The van der Waals surface area contributed by atoms with Crippen LogP contribution in [0.1, 0.15) is 109 Å². The molecule has 3 fully saturated rings. The Morgan fingerprint density at radius 1 is 0.910 bits per heavy atom. The summed E-state index contributed by atoms with van der Waals surface area (Å²) in [7, 11) is 1.51. The summed E-state index contributed by atoms with van der Waals surface area (Å²) in [6.45, 7) is 24.3.